The topological polar surface area (TPSA) is 40.5 Å². The van der Waals surface area contributed by atoms with Crippen LogP contribution >= 0.6 is 0 Å². The van der Waals surface area contributed by atoms with Crippen LogP contribution in [0.4, 0.5) is 4.39 Å². The molecule has 3 nitrogen and oxygen atoms in total. The summed E-state index contributed by atoms with van der Waals surface area (Å²) in [7, 11) is 0. The highest BCUT2D eigenvalue weighted by molar-refractivity contribution is 5.75. The summed E-state index contributed by atoms with van der Waals surface area (Å²) in [5.41, 5.74) is 1.69. The van der Waals surface area contributed by atoms with Gasteiger partial charge in [-0.2, -0.15) is 0 Å². The summed E-state index contributed by atoms with van der Waals surface area (Å²) in [5.74, 6) is -0.842. The lowest BCUT2D eigenvalue weighted by Crippen LogP contribution is -2.35. The maximum Gasteiger partial charge on any atom is 0.310 e. The van der Waals surface area contributed by atoms with E-state index in [-0.39, 0.29) is 11.9 Å². The first-order valence-electron chi connectivity index (χ1n) is 7.81. The molecule has 2 unspecified atom stereocenters. The molecule has 3 rings (SSSR count). The van der Waals surface area contributed by atoms with Crippen LogP contribution in [0.25, 0.3) is 0 Å². The minimum absolute atomic E-state index is 0.179. The van der Waals surface area contributed by atoms with Crippen LogP contribution in [0.5, 0.6) is 0 Å². The first kappa shape index (κ1) is 14.5. The number of aliphatic carboxylic acids is 1. The minimum Gasteiger partial charge on any atom is -0.481 e. The molecule has 1 aliphatic heterocycles. The zero-order valence-corrected chi connectivity index (χ0v) is 12.4. The molecule has 0 bridgehead atoms. The number of carboxylic acid groups (broad SMARTS) is 1. The van der Waals surface area contributed by atoms with Crippen LogP contribution in [-0.2, 0) is 11.2 Å². The van der Waals surface area contributed by atoms with E-state index in [2.05, 4.69) is 4.90 Å². The third kappa shape index (κ3) is 2.46. The van der Waals surface area contributed by atoms with Crippen LogP contribution < -0.4 is 0 Å². The second-order valence-corrected chi connectivity index (χ2v) is 6.45. The van der Waals surface area contributed by atoms with E-state index in [0.29, 0.717) is 6.54 Å². The molecule has 1 heterocycles. The van der Waals surface area contributed by atoms with Gasteiger partial charge in [0.2, 0.25) is 0 Å². The van der Waals surface area contributed by atoms with Crippen molar-refractivity contribution in [2.45, 2.75) is 45.1 Å². The number of fused-ring (bicyclic) bond motifs is 1. The van der Waals surface area contributed by atoms with E-state index in [4.69, 9.17) is 0 Å². The van der Waals surface area contributed by atoms with Gasteiger partial charge in [-0.1, -0.05) is 19.4 Å². The molecule has 114 valence electrons. The Bertz CT molecular complexity index is 560. The first-order chi connectivity index (χ1) is 10.1. The molecule has 0 saturated carbocycles. The van der Waals surface area contributed by atoms with Gasteiger partial charge in [-0.15, -0.1) is 0 Å². The van der Waals surface area contributed by atoms with Crippen molar-refractivity contribution in [3.8, 4) is 0 Å². The van der Waals surface area contributed by atoms with Crippen molar-refractivity contribution in [2.75, 3.05) is 13.1 Å². The highest BCUT2D eigenvalue weighted by Crippen LogP contribution is 2.43. The monoisotopic (exact) mass is 291 g/mol. The molecule has 2 atom stereocenters. The second kappa shape index (κ2) is 5.41. The number of benzene rings is 1. The predicted octanol–water partition coefficient (Wildman–Crippen LogP) is 3.39. The number of rotatable bonds is 4. The van der Waals surface area contributed by atoms with Crippen LogP contribution in [0.15, 0.2) is 18.2 Å². The van der Waals surface area contributed by atoms with Gasteiger partial charge >= 0.3 is 5.97 Å². The molecule has 1 fully saturated rings. The number of hydrogen-bond donors (Lipinski definition) is 1. The van der Waals surface area contributed by atoms with Gasteiger partial charge in [0.15, 0.2) is 0 Å². The molecule has 1 aromatic carbocycles. The van der Waals surface area contributed by atoms with E-state index < -0.39 is 11.4 Å². The van der Waals surface area contributed by atoms with Gasteiger partial charge in [0.1, 0.15) is 5.82 Å². The molecule has 0 spiro atoms. The number of halogens is 1. The SMILES string of the molecule is CCCC1(C(=O)O)CCN(C2CCc3cc(F)ccc32)C1. The summed E-state index contributed by atoms with van der Waals surface area (Å²) >= 11 is 0. The summed E-state index contributed by atoms with van der Waals surface area (Å²) in [6, 6.07) is 5.29. The molecule has 1 saturated heterocycles. The van der Waals surface area contributed by atoms with Gasteiger partial charge in [-0.05, 0) is 55.5 Å². The van der Waals surface area contributed by atoms with Gasteiger partial charge in [-0.25, -0.2) is 4.39 Å². The lowest BCUT2D eigenvalue weighted by Gasteiger charge is -2.28. The van der Waals surface area contributed by atoms with Crippen molar-refractivity contribution in [1.82, 2.24) is 4.90 Å². The van der Waals surface area contributed by atoms with E-state index >= 15 is 0 Å². The molecular formula is C17H22FNO2. The van der Waals surface area contributed by atoms with E-state index in [1.54, 1.807) is 6.07 Å². The lowest BCUT2D eigenvalue weighted by atomic mass is 9.82. The largest absolute Gasteiger partial charge is 0.481 e. The van der Waals surface area contributed by atoms with Crippen molar-refractivity contribution in [3.05, 3.63) is 35.1 Å². The quantitative estimate of drug-likeness (QED) is 0.924. The molecule has 21 heavy (non-hydrogen) atoms. The molecular weight excluding hydrogens is 269 g/mol. The third-order valence-corrected chi connectivity index (χ3v) is 5.16. The average Bonchev–Trinajstić information content (AvgIpc) is 3.03. The maximum absolute atomic E-state index is 13.3. The van der Waals surface area contributed by atoms with E-state index in [9.17, 15) is 14.3 Å². The minimum atomic E-state index is -0.663. The smallest absolute Gasteiger partial charge is 0.310 e. The van der Waals surface area contributed by atoms with Gasteiger partial charge < -0.3 is 5.11 Å². The number of hydrogen-bond acceptors (Lipinski definition) is 2. The van der Waals surface area contributed by atoms with Crippen LogP contribution in [-0.4, -0.2) is 29.1 Å². The van der Waals surface area contributed by atoms with Crippen molar-refractivity contribution in [3.63, 3.8) is 0 Å². The van der Waals surface area contributed by atoms with E-state index in [1.807, 2.05) is 13.0 Å². The number of nitrogens with zero attached hydrogens (tertiary/aromatic N) is 1. The Labute approximate surface area is 124 Å². The summed E-state index contributed by atoms with van der Waals surface area (Å²) < 4.78 is 13.3. The fourth-order valence-corrected chi connectivity index (χ4v) is 4.08. The fraction of sp³-hybridized carbons (Fsp3) is 0.588. The van der Waals surface area contributed by atoms with Crippen molar-refractivity contribution < 1.29 is 14.3 Å². The number of aryl methyl sites for hydroxylation is 1. The van der Waals surface area contributed by atoms with Crippen molar-refractivity contribution in [1.29, 1.82) is 0 Å². The Hall–Kier alpha value is -1.42. The summed E-state index contributed by atoms with van der Waals surface area (Å²) in [6.45, 7) is 3.49. The lowest BCUT2D eigenvalue weighted by molar-refractivity contribution is -0.148. The molecule has 2 aliphatic rings. The second-order valence-electron chi connectivity index (χ2n) is 6.45. The molecule has 0 amide bonds. The fourth-order valence-electron chi connectivity index (χ4n) is 4.08. The third-order valence-electron chi connectivity index (χ3n) is 5.16. The van der Waals surface area contributed by atoms with Crippen LogP contribution in [0.3, 0.4) is 0 Å². The number of carbonyl (C=O) groups is 1. The highest BCUT2D eigenvalue weighted by atomic mass is 19.1. The van der Waals surface area contributed by atoms with Crippen molar-refractivity contribution in [2.24, 2.45) is 5.41 Å². The Morgan fingerprint density at radius 1 is 1.52 bits per heavy atom. The molecule has 0 radical (unpaired) electrons. The summed E-state index contributed by atoms with van der Waals surface area (Å²) in [6.07, 6.45) is 4.22. The van der Waals surface area contributed by atoms with E-state index in [1.165, 1.54) is 11.6 Å². The molecule has 1 aliphatic carbocycles. The van der Waals surface area contributed by atoms with E-state index in [0.717, 1.165) is 44.2 Å². The average molecular weight is 291 g/mol. The van der Waals surface area contributed by atoms with Crippen molar-refractivity contribution >= 4 is 5.97 Å². The normalized spacial score (nSPS) is 28.8. The van der Waals surface area contributed by atoms with Gasteiger partial charge in [-0.3, -0.25) is 9.69 Å². The molecule has 0 aromatic heterocycles. The Balaban J connectivity index is 1.80. The van der Waals surface area contributed by atoms with Crippen LogP contribution in [0, 0.1) is 11.2 Å². The molecule has 4 heteroatoms. The Morgan fingerprint density at radius 3 is 3.05 bits per heavy atom. The number of carboxylic acids is 1. The van der Waals surface area contributed by atoms with Gasteiger partial charge in [0.05, 0.1) is 5.41 Å². The zero-order chi connectivity index (χ0) is 15.0. The van der Waals surface area contributed by atoms with Gasteiger partial charge in [0, 0.05) is 12.6 Å². The molecule has 1 N–H and O–H groups in total. The van der Waals surface area contributed by atoms with Crippen LogP contribution in [0.1, 0.15) is 49.8 Å². The highest BCUT2D eigenvalue weighted by Gasteiger charge is 2.46. The number of likely N-dealkylation sites (tertiary alicyclic amines) is 1. The van der Waals surface area contributed by atoms with Gasteiger partial charge in [0.25, 0.3) is 0 Å². The zero-order valence-electron chi connectivity index (χ0n) is 12.4. The maximum atomic E-state index is 13.3. The predicted molar refractivity (Wildman–Crippen MR) is 78.6 cm³/mol. The summed E-state index contributed by atoms with van der Waals surface area (Å²) in [4.78, 5) is 14.0. The first-order valence-corrected chi connectivity index (χ1v) is 7.81. The van der Waals surface area contributed by atoms with Crippen LogP contribution in [0.2, 0.25) is 0 Å². The molecule has 1 aromatic rings. The Morgan fingerprint density at radius 2 is 2.33 bits per heavy atom. The summed E-state index contributed by atoms with van der Waals surface area (Å²) in [5, 5.41) is 9.61. The standard InChI is InChI=1S/C17H22FNO2/c1-2-7-17(16(20)21)8-9-19(11-17)15-6-3-12-10-13(18)4-5-14(12)15/h4-5,10,15H,2-3,6-9,11H2,1H3,(H,20,21). The Kier molecular flexibility index (Phi) is 3.74.